The predicted octanol–water partition coefficient (Wildman–Crippen LogP) is 8.09. The molecule has 0 saturated carbocycles. The molecular formula is C25H52NOP. The quantitative estimate of drug-likeness (QED) is 0.244. The number of rotatable bonds is 13. The molecule has 0 spiro atoms. The van der Waals surface area contributed by atoms with Gasteiger partial charge in [-0.1, -0.05) is 80.4 Å². The molecule has 2 nitrogen and oxygen atoms in total. The van der Waals surface area contributed by atoms with E-state index in [1.54, 1.807) is 0 Å². The van der Waals surface area contributed by atoms with E-state index < -0.39 is 0 Å². The lowest BCUT2D eigenvalue weighted by Gasteiger charge is -2.30. The first-order valence-electron chi connectivity index (χ1n) is 11.6. The first-order valence-corrected chi connectivity index (χ1v) is 12.3. The van der Waals surface area contributed by atoms with Crippen LogP contribution in [0.15, 0.2) is 23.9 Å². The van der Waals surface area contributed by atoms with Gasteiger partial charge in [0.15, 0.2) is 5.78 Å². The maximum atomic E-state index is 10.9. The van der Waals surface area contributed by atoms with Gasteiger partial charge in [0.25, 0.3) is 0 Å². The summed E-state index contributed by atoms with van der Waals surface area (Å²) < 4.78 is 0. The molecule has 0 aliphatic rings. The van der Waals surface area contributed by atoms with Crippen molar-refractivity contribution in [3.05, 3.63) is 23.9 Å². The minimum Gasteiger partial charge on any atom is -0.386 e. The zero-order valence-electron chi connectivity index (χ0n) is 20.7. The third-order valence-electron chi connectivity index (χ3n) is 4.94. The van der Waals surface area contributed by atoms with Crippen molar-refractivity contribution in [3.63, 3.8) is 0 Å². The minimum atomic E-state index is 0.278. The zero-order valence-corrected chi connectivity index (χ0v) is 21.8. The fourth-order valence-corrected chi connectivity index (χ4v) is 3.05. The summed E-state index contributed by atoms with van der Waals surface area (Å²) in [5.74, 6) is 0.977. The van der Waals surface area contributed by atoms with Gasteiger partial charge in [-0.2, -0.15) is 0 Å². The molecule has 0 saturated heterocycles. The molecule has 0 heterocycles. The monoisotopic (exact) mass is 413 g/mol. The van der Waals surface area contributed by atoms with Gasteiger partial charge in [-0.25, -0.2) is 0 Å². The largest absolute Gasteiger partial charge is 0.386 e. The van der Waals surface area contributed by atoms with E-state index in [0.717, 1.165) is 18.4 Å². The van der Waals surface area contributed by atoms with Crippen LogP contribution in [0.25, 0.3) is 0 Å². The first kappa shape index (κ1) is 32.1. The van der Waals surface area contributed by atoms with E-state index in [9.17, 15) is 4.79 Å². The van der Waals surface area contributed by atoms with Crippen molar-refractivity contribution in [1.29, 1.82) is 0 Å². The topological polar surface area (TPSA) is 29.1 Å². The van der Waals surface area contributed by atoms with E-state index in [2.05, 4.69) is 48.8 Å². The average Bonchev–Trinajstić information content (AvgIpc) is 2.71. The van der Waals surface area contributed by atoms with Crippen LogP contribution in [0, 0.1) is 5.92 Å². The van der Waals surface area contributed by atoms with Crippen LogP contribution in [-0.4, -0.2) is 17.5 Å². The molecule has 0 rings (SSSR count). The average molecular weight is 414 g/mol. The fraction of sp³-hybridized carbons (Fsp3) is 0.800. The van der Waals surface area contributed by atoms with Gasteiger partial charge in [-0.15, -0.1) is 9.24 Å². The van der Waals surface area contributed by atoms with Crippen LogP contribution in [-0.2, 0) is 4.79 Å². The van der Waals surface area contributed by atoms with Crippen molar-refractivity contribution in [1.82, 2.24) is 5.32 Å². The maximum Gasteiger partial charge on any atom is 0.158 e. The lowest BCUT2D eigenvalue weighted by Crippen LogP contribution is -2.38. The van der Waals surface area contributed by atoms with Crippen LogP contribution in [0.5, 0.6) is 0 Å². The number of carbonyl (C=O) groups is 1. The normalized spacial score (nSPS) is 13.9. The summed E-state index contributed by atoms with van der Waals surface area (Å²) >= 11 is 0. The van der Waals surface area contributed by atoms with Crippen LogP contribution >= 0.6 is 9.24 Å². The Morgan fingerprint density at radius 3 is 2.00 bits per heavy atom. The standard InChI is InChI=1S/C15H32NP.C8H14O.C2H6/c1-6-9-11-14(13(5)15(17)8-3)16-12(4)10-7-2;1-4-6-8(9)7(3)5-2;1-2/h13-16H,4,6-11,17H2,1-3,5H3;5H,4,6H2,1-3H3;1-2H3/b;7-5-;. The summed E-state index contributed by atoms with van der Waals surface area (Å²) in [4.78, 5) is 10.9. The molecule has 168 valence electrons. The molecule has 0 amide bonds. The molecular weight excluding hydrogens is 361 g/mol. The molecule has 28 heavy (non-hydrogen) atoms. The van der Waals surface area contributed by atoms with Crippen molar-refractivity contribution >= 4 is 15.0 Å². The predicted molar refractivity (Wildman–Crippen MR) is 134 cm³/mol. The summed E-state index contributed by atoms with van der Waals surface area (Å²) in [6.45, 7) is 23.0. The highest BCUT2D eigenvalue weighted by molar-refractivity contribution is 7.17. The van der Waals surface area contributed by atoms with Crippen LogP contribution in [0.2, 0.25) is 0 Å². The second kappa shape index (κ2) is 22.7. The molecule has 4 atom stereocenters. The molecule has 0 bridgehead atoms. The Morgan fingerprint density at radius 2 is 1.61 bits per heavy atom. The zero-order chi connectivity index (χ0) is 22.5. The Bertz CT molecular complexity index is 403. The van der Waals surface area contributed by atoms with Crippen LogP contribution < -0.4 is 5.32 Å². The smallest absolute Gasteiger partial charge is 0.158 e. The summed E-state index contributed by atoms with van der Waals surface area (Å²) in [6.07, 6.45) is 10.9. The summed E-state index contributed by atoms with van der Waals surface area (Å²) in [5.41, 5.74) is 2.81. The Labute approximate surface area is 180 Å². The Kier molecular flexibility index (Phi) is 26.0. The van der Waals surface area contributed by atoms with Gasteiger partial charge in [0.05, 0.1) is 0 Å². The van der Waals surface area contributed by atoms with E-state index >= 15 is 0 Å². The lowest BCUT2D eigenvalue weighted by atomic mass is 9.92. The molecule has 0 aromatic carbocycles. The Morgan fingerprint density at radius 1 is 1.07 bits per heavy atom. The van der Waals surface area contributed by atoms with Gasteiger partial charge in [-0.3, -0.25) is 4.79 Å². The number of ketones is 1. The molecule has 3 heteroatoms. The number of carbonyl (C=O) groups excluding carboxylic acids is 1. The van der Waals surface area contributed by atoms with Crippen LogP contribution in [0.1, 0.15) is 114 Å². The van der Waals surface area contributed by atoms with E-state index in [1.807, 2.05) is 40.7 Å². The van der Waals surface area contributed by atoms with Gasteiger partial charge < -0.3 is 5.32 Å². The van der Waals surface area contributed by atoms with Crippen LogP contribution in [0.4, 0.5) is 0 Å². The SMILES string of the molecule is C/C=C(/C)C(=O)CCC.C=C(CCC)NC(CCCC)C(C)C(P)CC.CC. The Hall–Kier alpha value is -0.620. The van der Waals surface area contributed by atoms with Crippen molar-refractivity contribution in [2.24, 2.45) is 5.92 Å². The molecule has 0 radical (unpaired) electrons. The highest BCUT2D eigenvalue weighted by atomic mass is 31.0. The molecule has 0 aromatic rings. The maximum absolute atomic E-state index is 10.9. The number of unbranched alkanes of at least 4 members (excludes halogenated alkanes) is 1. The number of Topliss-reactive ketones (excluding diaryl/α,β-unsaturated/α-hetero) is 1. The number of nitrogens with one attached hydrogen (secondary N) is 1. The van der Waals surface area contributed by atoms with Crippen molar-refractivity contribution in [2.45, 2.75) is 125 Å². The molecule has 4 unspecified atom stereocenters. The van der Waals surface area contributed by atoms with E-state index in [0.29, 0.717) is 24.0 Å². The molecule has 1 N–H and O–H groups in total. The third-order valence-corrected chi connectivity index (χ3v) is 6.02. The molecule has 0 aromatic heterocycles. The Balaban J connectivity index is -0.000000479. The lowest BCUT2D eigenvalue weighted by molar-refractivity contribution is -0.115. The highest BCUT2D eigenvalue weighted by Crippen LogP contribution is 2.24. The van der Waals surface area contributed by atoms with Crippen molar-refractivity contribution in [3.8, 4) is 0 Å². The molecule has 0 aliphatic carbocycles. The van der Waals surface area contributed by atoms with Gasteiger partial charge in [-0.05, 0) is 56.7 Å². The third kappa shape index (κ3) is 17.5. The molecule has 0 fully saturated rings. The first-order chi connectivity index (χ1) is 13.3. The van der Waals surface area contributed by atoms with Gasteiger partial charge in [0.2, 0.25) is 0 Å². The second-order valence-electron chi connectivity index (χ2n) is 7.32. The minimum absolute atomic E-state index is 0.278. The van der Waals surface area contributed by atoms with Gasteiger partial charge >= 0.3 is 0 Å². The van der Waals surface area contributed by atoms with Crippen molar-refractivity contribution < 1.29 is 4.79 Å². The van der Waals surface area contributed by atoms with E-state index in [4.69, 9.17) is 0 Å². The summed E-state index contributed by atoms with van der Waals surface area (Å²) in [6, 6.07) is 0.594. The van der Waals surface area contributed by atoms with E-state index in [1.165, 1.54) is 37.8 Å². The number of hydrogen-bond acceptors (Lipinski definition) is 2. The van der Waals surface area contributed by atoms with Crippen LogP contribution in [0.3, 0.4) is 0 Å². The summed E-state index contributed by atoms with van der Waals surface area (Å²) in [5, 5.41) is 3.66. The van der Waals surface area contributed by atoms with Gasteiger partial charge in [0, 0.05) is 18.2 Å². The second-order valence-corrected chi connectivity index (χ2v) is 8.18. The fourth-order valence-electron chi connectivity index (χ4n) is 2.78. The number of allylic oxidation sites excluding steroid dienone is 3. The van der Waals surface area contributed by atoms with E-state index in [-0.39, 0.29) is 5.78 Å². The highest BCUT2D eigenvalue weighted by Gasteiger charge is 2.21. The molecule has 0 aliphatic heterocycles. The van der Waals surface area contributed by atoms with Gasteiger partial charge in [0.1, 0.15) is 0 Å². The van der Waals surface area contributed by atoms with Crippen molar-refractivity contribution in [2.75, 3.05) is 0 Å². The summed E-state index contributed by atoms with van der Waals surface area (Å²) in [7, 11) is 3.00. The number of hydrogen-bond donors (Lipinski definition) is 1.